The Morgan fingerprint density at radius 2 is 2.00 bits per heavy atom. The number of rotatable bonds is 4. The highest BCUT2D eigenvalue weighted by molar-refractivity contribution is 5.87. The van der Waals surface area contributed by atoms with Crippen molar-refractivity contribution in [1.82, 2.24) is 5.01 Å². The van der Waals surface area contributed by atoms with Crippen molar-refractivity contribution < 1.29 is 14.2 Å². The lowest BCUT2D eigenvalue weighted by molar-refractivity contribution is -0.143. The maximum atomic E-state index is 5.77. The van der Waals surface area contributed by atoms with Crippen LogP contribution in [-0.4, -0.2) is 50.2 Å². The first-order chi connectivity index (χ1) is 10.4. The van der Waals surface area contributed by atoms with E-state index in [1.165, 1.54) is 6.42 Å². The first-order valence-corrected chi connectivity index (χ1v) is 7.47. The zero-order valence-corrected chi connectivity index (χ0v) is 12.4. The maximum Gasteiger partial charge on any atom is 0.184 e. The van der Waals surface area contributed by atoms with Gasteiger partial charge in [-0.15, -0.1) is 0 Å². The summed E-state index contributed by atoms with van der Waals surface area (Å²) in [6, 6.07) is 10.4. The van der Waals surface area contributed by atoms with Gasteiger partial charge in [0.1, 0.15) is 0 Å². The molecule has 0 unspecified atom stereocenters. The van der Waals surface area contributed by atoms with Crippen LogP contribution in [-0.2, 0) is 14.2 Å². The molecule has 2 aliphatic rings. The van der Waals surface area contributed by atoms with Gasteiger partial charge in [0.2, 0.25) is 0 Å². The molecule has 0 saturated carbocycles. The van der Waals surface area contributed by atoms with Crippen LogP contribution in [0, 0.1) is 0 Å². The smallest absolute Gasteiger partial charge is 0.184 e. The van der Waals surface area contributed by atoms with Crippen molar-refractivity contribution >= 4 is 5.71 Å². The number of nitrogens with zero attached hydrogens (tertiary/aromatic N) is 2. The molecule has 3 rings (SSSR count). The molecule has 114 valence electrons. The van der Waals surface area contributed by atoms with Gasteiger partial charge in [-0.1, -0.05) is 30.3 Å². The third-order valence-corrected chi connectivity index (χ3v) is 3.85. The van der Waals surface area contributed by atoms with Gasteiger partial charge in [-0.25, -0.2) is 0 Å². The van der Waals surface area contributed by atoms with Gasteiger partial charge in [-0.3, -0.25) is 5.01 Å². The number of hydrogen-bond donors (Lipinski definition) is 0. The molecule has 0 spiro atoms. The number of ether oxygens (including phenoxy) is 3. The Balaban J connectivity index is 1.57. The molecular formula is C16H22N2O3. The summed E-state index contributed by atoms with van der Waals surface area (Å²) in [5.41, 5.74) is 2.00. The first kappa shape index (κ1) is 14.5. The van der Waals surface area contributed by atoms with Crippen molar-refractivity contribution in [2.24, 2.45) is 5.10 Å². The molecule has 2 fully saturated rings. The molecule has 0 aromatic heterocycles. The van der Waals surface area contributed by atoms with E-state index in [0.717, 1.165) is 30.8 Å². The van der Waals surface area contributed by atoms with E-state index in [1.54, 1.807) is 7.11 Å². The summed E-state index contributed by atoms with van der Waals surface area (Å²) >= 11 is 0. The van der Waals surface area contributed by atoms with E-state index in [9.17, 15) is 0 Å². The highest BCUT2D eigenvalue weighted by atomic mass is 16.7. The van der Waals surface area contributed by atoms with Gasteiger partial charge < -0.3 is 14.2 Å². The summed E-state index contributed by atoms with van der Waals surface area (Å²) in [7, 11) is 1.74. The highest BCUT2D eigenvalue weighted by Crippen LogP contribution is 2.23. The zero-order chi connectivity index (χ0) is 14.5. The van der Waals surface area contributed by atoms with Crippen LogP contribution in [0.5, 0.6) is 0 Å². The van der Waals surface area contributed by atoms with Gasteiger partial charge in [0.05, 0.1) is 31.6 Å². The Hall–Kier alpha value is -1.43. The maximum absolute atomic E-state index is 5.77. The third-order valence-electron chi connectivity index (χ3n) is 3.85. The molecule has 0 amide bonds. The van der Waals surface area contributed by atoms with Crippen LogP contribution in [0.4, 0.5) is 0 Å². The lowest BCUT2D eigenvalue weighted by Crippen LogP contribution is -2.34. The van der Waals surface area contributed by atoms with Crippen molar-refractivity contribution in [3.05, 3.63) is 35.9 Å². The largest absolute Gasteiger partial charge is 0.382 e. The molecule has 5 nitrogen and oxygen atoms in total. The van der Waals surface area contributed by atoms with Crippen LogP contribution in [0.3, 0.4) is 0 Å². The fourth-order valence-electron chi connectivity index (χ4n) is 2.79. The van der Waals surface area contributed by atoms with Crippen LogP contribution < -0.4 is 0 Å². The van der Waals surface area contributed by atoms with Crippen molar-refractivity contribution in [3.63, 3.8) is 0 Å². The molecule has 21 heavy (non-hydrogen) atoms. The molecule has 1 aromatic carbocycles. The molecule has 2 aliphatic heterocycles. The zero-order valence-electron chi connectivity index (χ0n) is 12.4. The van der Waals surface area contributed by atoms with Crippen molar-refractivity contribution in [2.45, 2.75) is 25.2 Å². The summed E-state index contributed by atoms with van der Waals surface area (Å²) in [5, 5.41) is 6.80. The Morgan fingerprint density at radius 1 is 1.24 bits per heavy atom. The minimum Gasteiger partial charge on any atom is -0.382 e. The predicted molar refractivity (Wildman–Crippen MR) is 80.1 cm³/mol. The molecule has 1 aromatic rings. The average Bonchev–Trinajstić information content (AvgIpc) is 2.96. The van der Waals surface area contributed by atoms with Gasteiger partial charge >= 0.3 is 0 Å². The second-order valence-electron chi connectivity index (χ2n) is 5.45. The van der Waals surface area contributed by atoms with E-state index in [-0.39, 0.29) is 6.29 Å². The SMILES string of the molecule is COC[C@H]1CCCN1N=C1COC(c2ccccc2)OC1. The molecule has 0 bridgehead atoms. The third kappa shape index (κ3) is 3.61. The minimum atomic E-state index is -0.279. The fraction of sp³-hybridized carbons (Fsp3) is 0.562. The van der Waals surface area contributed by atoms with E-state index in [1.807, 2.05) is 30.3 Å². The number of methoxy groups -OCH3 is 1. The summed E-state index contributed by atoms with van der Waals surface area (Å²) < 4.78 is 16.8. The molecular weight excluding hydrogens is 268 g/mol. The molecule has 2 heterocycles. The quantitative estimate of drug-likeness (QED) is 0.852. The van der Waals surface area contributed by atoms with Crippen molar-refractivity contribution in [3.8, 4) is 0 Å². The second kappa shape index (κ2) is 7.02. The fourth-order valence-corrected chi connectivity index (χ4v) is 2.79. The molecule has 2 saturated heterocycles. The first-order valence-electron chi connectivity index (χ1n) is 7.47. The summed E-state index contributed by atoms with van der Waals surface area (Å²) in [6.07, 6.45) is 2.02. The van der Waals surface area contributed by atoms with E-state index in [4.69, 9.17) is 14.2 Å². The standard InChI is InChI=1S/C16H22N2O3/c1-19-12-15-8-5-9-18(15)17-14-10-20-16(21-11-14)13-6-3-2-4-7-13/h2-4,6-7,15-16H,5,8-12H2,1H3/t15-,16?/m1/s1. The Labute approximate surface area is 125 Å². The molecule has 5 heteroatoms. The van der Waals surface area contributed by atoms with Gasteiger partial charge in [0.25, 0.3) is 0 Å². The Morgan fingerprint density at radius 3 is 2.71 bits per heavy atom. The predicted octanol–water partition coefficient (Wildman–Crippen LogP) is 2.20. The topological polar surface area (TPSA) is 43.3 Å². The number of benzene rings is 1. The van der Waals surface area contributed by atoms with Crippen LogP contribution >= 0.6 is 0 Å². The lowest BCUT2D eigenvalue weighted by atomic mass is 10.2. The van der Waals surface area contributed by atoms with Gasteiger partial charge in [-0.2, -0.15) is 5.10 Å². The van der Waals surface area contributed by atoms with E-state index >= 15 is 0 Å². The van der Waals surface area contributed by atoms with Gasteiger partial charge in [0.15, 0.2) is 6.29 Å². The molecule has 1 atom stereocenters. The van der Waals surface area contributed by atoms with Crippen molar-refractivity contribution in [1.29, 1.82) is 0 Å². The average molecular weight is 290 g/mol. The summed E-state index contributed by atoms with van der Waals surface area (Å²) in [4.78, 5) is 0. The lowest BCUT2D eigenvalue weighted by Gasteiger charge is -2.27. The van der Waals surface area contributed by atoms with Crippen LogP contribution in [0.1, 0.15) is 24.7 Å². The Bertz CT molecular complexity index is 468. The number of hydrazone groups is 1. The molecule has 0 radical (unpaired) electrons. The second-order valence-corrected chi connectivity index (χ2v) is 5.45. The van der Waals surface area contributed by atoms with Crippen molar-refractivity contribution in [2.75, 3.05) is 33.5 Å². The summed E-state index contributed by atoms with van der Waals surface area (Å²) in [6.45, 7) is 2.76. The monoisotopic (exact) mass is 290 g/mol. The summed E-state index contributed by atoms with van der Waals surface area (Å²) in [5.74, 6) is 0. The van der Waals surface area contributed by atoms with Crippen LogP contribution in [0.25, 0.3) is 0 Å². The van der Waals surface area contributed by atoms with Gasteiger partial charge in [0, 0.05) is 19.2 Å². The molecule has 0 N–H and O–H groups in total. The van der Waals surface area contributed by atoms with E-state index < -0.39 is 0 Å². The van der Waals surface area contributed by atoms with Crippen LogP contribution in [0.2, 0.25) is 0 Å². The van der Waals surface area contributed by atoms with E-state index in [0.29, 0.717) is 19.3 Å². The van der Waals surface area contributed by atoms with E-state index in [2.05, 4.69) is 10.1 Å². The van der Waals surface area contributed by atoms with Crippen LogP contribution in [0.15, 0.2) is 35.4 Å². The normalized spacial score (nSPS) is 26.1. The van der Waals surface area contributed by atoms with Gasteiger partial charge in [-0.05, 0) is 12.8 Å². The Kier molecular flexibility index (Phi) is 4.85. The minimum absolute atomic E-state index is 0.279. The number of hydrogen-bond acceptors (Lipinski definition) is 5. The molecule has 0 aliphatic carbocycles. The highest BCUT2D eigenvalue weighted by Gasteiger charge is 2.25.